The first kappa shape index (κ1) is 13.9. The molecular formula is C15H17ClN2OS. The molecule has 3 rings (SSSR count). The van der Waals surface area contributed by atoms with E-state index in [0.717, 1.165) is 52.1 Å². The number of aromatic nitrogens is 1. The minimum absolute atomic E-state index is 0.335. The molecule has 3 nitrogen and oxygen atoms in total. The fourth-order valence-electron chi connectivity index (χ4n) is 2.50. The first-order valence-corrected chi connectivity index (χ1v) is 7.97. The number of hydrogen-bond donors (Lipinski definition) is 1. The summed E-state index contributed by atoms with van der Waals surface area (Å²) < 4.78 is 0. The Hall–Kier alpha value is -1.10. The molecule has 106 valence electrons. The monoisotopic (exact) mass is 308 g/mol. The van der Waals surface area contributed by atoms with Crippen molar-refractivity contribution in [3.63, 3.8) is 0 Å². The van der Waals surface area contributed by atoms with E-state index < -0.39 is 0 Å². The van der Waals surface area contributed by atoms with Gasteiger partial charge in [0.15, 0.2) is 5.13 Å². The van der Waals surface area contributed by atoms with E-state index in [9.17, 15) is 5.11 Å². The van der Waals surface area contributed by atoms with Gasteiger partial charge < -0.3 is 10.0 Å². The zero-order valence-corrected chi connectivity index (χ0v) is 12.9. The van der Waals surface area contributed by atoms with E-state index in [4.69, 9.17) is 11.6 Å². The number of fused-ring (bicyclic) bond motifs is 1. The summed E-state index contributed by atoms with van der Waals surface area (Å²) in [6.45, 7) is 0.724. The fourth-order valence-corrected chi connectivity index (χ4v) is 3.78. The van der Waals surface area contributed by atoms with Crippen molar-refractivity contribution in [2.45, 2.75) is 31.9 Å². The maximum atomic E-state index is 10.0. The highest BCUT2D eigenvalue weighted by molar-refractivity contribution is 7.15. The van der Waals surface area contributed by atoms with Crippen molar-refractivity contribution in [2.75, 3.05) is 11.9 Å². The minimum atomic E-state index is -0.335. The zero-order valence-electron chi connectivity index (χ0n) is 11.3. The highest BCUT2D eigenvalue weighted by atomic mass is 35.5. The highest BCUT2D eigenvalue weighted by Crippen LogP contribution is 2.37. The minimum Gasteiger partial charge on any atom is -0.388 e. The van der Waals surface area contributed by atoms with Gasteiger partial charge >= 0.3 is 0 Å². The van der Waals surface area contributed by atoms with Crippen LogP contribution in [0.2, 0.25) is 5.02 Å². The quantitative estimate of drug-likeness (QED) is 0.937. The number of benzene rings is 1. The molecule has 0 radical (unpaired) electrons. The number of aryl methyl sites for hydroxylation is 1. The number of aliphatic hydroxyl groups excluding tert-OH is 1. The summed E-state index contributed by atoms with van der Waals surface area (Å²) in [6, 6.07) is 7.86. The van der Waals surface area contributed by atoms with Crippen molar-refractivity contribution in [3.05, 3.63) is 45.4 Å². The molecular weight excluding hydrogens is 292 g/mol. The number of aliphatic hydroxyl groups is 1. The predicted molar refractivity (Wildman–Crippen MR) is 83.6 cm³/mol. The average Bonchev–Trinajstić information content (AvgIpc) is 2.87. The SMILES string of the molecule is CN(Cc1ccccc1Cl)c1nc2c(s1)C(O)CCC2. The van der Waals surface area contributed by atoms with E-state index in [1.165, 1.54) is 0 Å². The second-order valence-corrected chi connectivity index (χ2v) is 6.58. The number of halogens is 1. The lowest BCUT2D eigenvalue weighted by atomic mass is 10.0. The standard InChI is InChI=1S/C15H17ClN2OS/c1-18(9-10-5-2-3-6-11(10)16)15-17-12-7-4-8-13(19)14(12)20-15/h2-3,5-6,13,19H,4,7-9H2,1H3. The Morgan fingerprint density at radius 3 is 3.00 bits per heavy atom. The van der Waals surface area contributed by atoms with E-state index in [1.54, 1.807) is 11.3 Å². The Bertz CT molecular complexity index is 614. The van der Waals surface area contributed by atoms with Crippen LogP contribution in [0.25, 0.3) is 0 Å². The molecule has 1 atom stereocenters. The van der Waals surface area contributed by atoms with Crippen LogP contribution >= 0.6 is 22.9 Å². The van der Waals surface area contributed by atoms with Crippen LogP contribution in [0.15, 0.2) is 24.3 Å². The lowest BCUT2D eigenvalue weighted by Gasteiger charge is -2.16. The van der Waals surface area contributed by atoms with E-state index in [-0.39, 0.29) is 6.10 Å². The molecule has 20 heavy (non-hydrogen) atoms. The van der Waals surface area contributed by atoms with Gasteiger partial charge in [-0.15, -0.1) is 0 Å². The average molecular weight is 309 g/mol. The van der Waals surface area contributed by atoms with Gasteiger partial charge in [0.2, 0.25) is 0 Å². The third-order valence-corrected chi connectivity index (χ3v) is 5.28. The summed E-state index contributed by atoms with van der Waals surface area (Å²) in [5, 5.41) is 11.8. The maximum Gasteiger partial charge on any atom is 0.185 e. The lowest BCUT2D eigenvalue weighted by Crippen LogP contribution is -2.16. The molecule has 0 aliphatic heterocycles. The number of anilines is 1. The molecule has 1 N–H and O–H groups in total. The van der Waals surface area contributed by atoms with Gasteiger partial charge in [-0.2, -0.15) is 0 Å². The van der Waals surface area contributed by atoms with Gasteiger partial charge in [-0.1, -0.05) is 41.1 Å². The fraction of sp³-hybridized carbons (Fsp3) is 0.400. The Morgan fingerprint density at radius 1 is 1.45 bits per heavy atom. The van der Waals surface area contributed by atoms with Crippen molar-refractivity contribution in [3.8, 4) is 0 Å². The molecule has 0 saturated heterocycles. The van der Waals surface area contributed by atoms with Crippen LogP contribution < -0.4 is 4.90 Å². The maximum absolute atomic E-state index is 10.0. The number of rotatable bonds is 3. The molecule has 0 spiro atoms. The number of hydrogen-bond acceptors (Lipinski definition) is 4. The second-order valence-electron chi connectivity index (χ2n) is 5.16. The summed E-state index contributed by atoms with van der Waals surface area (Å²) in [6.07, 6.45) is 2.51. The van der Waals surface area contributed by atoms with Gasteiger partial charge in [-0.3, -0.25) is 0 Å². The van der Waals surface area contributed by atoms with Crippen LogP contribution in [0.1, 0.15) is 35.1 Å². The third kappa shape index (κ3) is 2.68. The van der Waals surface area contributed by atoms with Gasteiger partial charge in [-0.25, -0.2) is 4.98 Å². The van der Waals surface area contributed by atoms with E-state index in [1.807, 2.05) is 31.3 Å². The van der Waals surface area contributed by atoms with Crippen molar-refractivity contribution in [1.29, 1.82) is 0 Å². The molecule has 0 bridgehead atoms. The molecule has 1 aromatic carbocycles. The van der Waals surface area contributed by atoms with Crippen molar-refractivity contribution >= 4 is 28.1 Å². The molecule has 0 saturated carbocycles. The number of nitrogens with zero attached hydrogens (tertiary/aromatic N) is 2. The van der Waals surface area contributed by atoms with Crippen LogP contribution in [0.4, 0.5) is 5.13 Å². The normalized spacial score (nSPS) is 17.9. The van der Waals surface area contributed by atoms with E-state index in [0.29, 0.717) is 0 Å². The summed E-state index contributed by atoms with van der Waals surface area (Å²) in [5.41, 5.74) is 2.15. The van der Waals surface area contributed by atoms with Gasteiger partial charge in [0, 0.05) is 18.6 Å². The first-order valence-electron chi connectivity index (χ1n) is 6.77. The Balaban J connectivity index is 1.81. The summed E-state index contributed by atoms with van der Waals surface area (Å²) in [5.74, 6) is 0. The summed E-state index contributed by atoms with van der Waals surface area (Å²) in [7, 11) is 2.01. The molecule has 1 unspecified atom stereocenters. The summed E-state index contributed by atoms with van der Waals surface area (Å²) >= 11 is 7.79. The Kier molecular flexibility index (Phi) is 3.96. The van der Waals surface area contributed by atoms with Crippen LogP contribution in [0.5, 0.6) is 0 Å². The number of thiazole rings is 1. The van der Waals surface area contributed by atoms with E-state index >= 15 is 0 Å². The van der Waals surface area contributed by atoms with Crippen LogP contribution in [0, 0.1) is 0 Å². The predicted octanol–water partition coefficient (Wildman–Crippen LogP) is 3.80. The van der Waals surface area contributed by atoms with Crippen LogP contribution in [-0.4, -0.2) is 17.1 Å². The molecule has 0 fully saturated rings. The van der Waals surface area contributed by atoms with Gasteiger partial charge in [0.05, 0.1) is 16.7 Å². The molecule has 1 aromatic heterocycles. The summed E-state index contributed by atoms with van der Waals surface area (Å²) in [4.78, 5) is 7.80. The molecule has 1 heterocycles. The Morgan fingerprint density at radius 2 is 2.25 bits per heavy atom. The zero-order chi connectivity index (χ0) is 14.1. The first-order chi connectivity index (χ1) is 9.65. The largest absolute Gasteiger partial charge is 0.388 e. The van der Waals surface area contributed by atoms with Gasteiger partial charge in [0.25, 0.3) is 0 Å². The second kappa shape index (κ2) is 5.72. The van der Waals surface area contributed by atoms with Gasteiger partial charge in [-0.05, 0) is 30.9 Å². The highest BCUT2D eigenvalue weighted by Gasteiger charge is 2.23. The molecule has 5 heteroatoms. The lowest BCUT2D eigenvalue weighted by molar-refractivity contribution is 0.160. The molecule has 0 amide bonds. The van der Waals surface area contributed by atoms with Crippen molar-refractivity contribution in [2.24, 2.45) is 0 Å². The topological polar surface area (TPSA) is 36.4 Å². The van der Waals surface area contributed by atoms with Crippen LogP contribution in [-0.2, 0) is 13.0 Å². The molecule has 1 aliphatic rings. The van der Waals surface area contributed by atoms with Gasteiger partial charge in [0.1, 0.15) is 0 Å². The smallest absolute Gasteiger partial charge is 0.185 e. The third-order valence-electron chi connectivity index (χ3n) is 3.60. The van der Waals surface area contributed by atoms with Crippen LogP contribution in [0.3, 0.4) is 0 Å². The van der Waals surface area contributed by atoms with E-state index in [2.05, 4.69) is 9.88 Å². The van der Waals surface area contributed by atoms with Crippen molar-refractivity contribution < 1.29 is 5.11 Å². The molecule has 2 aromatic rings. The Labute approximate surface area is 127 Å². The molecule has 1 aliphatic carbocycles. The van der Waals surface area contributed by atoms with Crippen molar-refractivity contribution in [1.82, 2.24) is 4.98 Å².